The van der Waals surface area contributed by atoms with Gasteiger partial charge in [0.05, 0.1) is 6.61 Å². The summed E-state index contributed by atoms with van der Waals surface area (Å²) in [5.41, 5.74) is 0.860. The number of allylic oxidation sites excluding steroid dienone is 1. The van der Waals surface area contributed by atoms with E-state index in [1.807, 2.05) is 12.1 Å². The average molecular weight is 337 g/mol. The van der Waals surface area contributed by atoms with Crippen LogP contribution in [-0.2, 0) is 16.0 Å². The van der Waals surface area contributed by atoms with Crippen LogP contribution in [0.3, 0.4) is 0 Å². The predicted molar refractivity (Wildman–Crippen MR) is 86.3 cm³/mol. The third-order valence-corrected chi connectivity index (χ3v) is 3.83. The summed E-state index contributed by atoms with van der Waals surface area (Å²) in [6, 6.07) is 6.26. The molecule has 1 aromatic rings. The van der Waals surface area contributed by atoms with Crippen molar-refractivity contribution in [2.45, 2.75) is 44.0 Å². The molecular weight excluding hydrogens is 314 g/mol. The van der Waals surface area contributed by atoms with Gasteiger partial charge in [0.15, 0.2) is 0 Å². The van der Waals surface area contributed by atoms with Crippen LogP contribution in [0, 0.1) is 0 Å². The predicted octanol–water partition coefficient (Wildman–Crippen LogP) is -0.262. The van der Waals surface area contributed by atoms with Crippen molar-refractivity contribution in [2.24, 2.45) is 0 Å². The van der Waals surface area contributed by atoms with E-state index >= 15 is 0 Å². The van der Waals surface area contributed by atoms with E-state index in [1.165, 1.54) is 6.92 Å². The Morgan fingerprint density at radius 3 is 2.71 bits per heavy atom. The molecule has 4 N–H and O–H groups in total. The minimum absolute atomic E-state index is 0.398. The maximum atomic E-state index is 11.4. The molecule has 1 amide bonds. The summed E-state index contributed by atoms with van der Waals surface area (Å²) in [5, 5.41) is 32.1. The van der Waals surface area contributed by atoms with E-state index in [0.29, 0.717) is 12.2 Å². The minimum Gasteiger partial charge on any atom is -0.462 e. The number of carbonyl (C=O) groups excluding carboxylic acids is 1. The lowest BCUT2D eigenvalue weighted by atomic mass is 9.97. The number of amides is 1. The smallest absolute Gasteiger partial charge is 0.223 e. The van der Waals surface area contributed by atoms with Gasteiger partial charge in [-0.3, -0.25) is 4.79 Å². The number of hydrogen-bond donors (Lipinski definition) is 4. The van der Waals surface area contributed by atoms with E-state index in [2.05, 4.69) is 11.9 Å². The van der Waals surface area contributed by atoms with Gasteiger partial charge in [0.25, 0.3) is 0 Å². The van der Waals surface area contributed by atoms with Crippen molar-refractivity contribution in [3.05, 3.63) is 42.5 Å². The van der Waals surface area contributed by atoms with Crippen LogP contribution in [-0.4, -0.2) is 58.5 Å². The van der Waals surface area contributed by atoms with E-state index in [1.54, 1.807) is 18.2 Å². The SMILES string of the molecule is C=CCc1ccccc1O[C@@H]1O[C@H](CO)[C@@H](O)[C@@H](O)[C@@H]1NC(C)=O. The van der Waals surface area contributed by atoms with Crippen molar-refractivity contribution in [3.63, 3.8) is 0 Å². The summed E-state index contributed by atoms with van der Waals surface area (Å²) in [7, 11) is 0. The highest BCUT2D eigenvalue weighted by Gasteiger charge is 2.46. The summed E-state index contributed by atoms with van der Waals surface area (Å²) >= 11 is 0. The number of nitrogens with one attached hydrogen (secondary N) is 1. The lowest BCUT2D eigenvalue weighted by Crippen LogP contribution is -2.65. The highest BCUT2D eigenvalue weighted by atomic mass is 16.7. The molecule has 0 aliphatic carbocycles. The van der Waals surface area contributed by atoms with Crippen LogP contribution in [0.1, 0.15) is 12.5 Å². The molecule has 24 heavy (non-hydrogen) atoms. The molecule has 1 fully saturated rings. The molecule has 1 aliphatic heterocycles. The van der Waals surface area contributed by atoms with Crippen LogP contribution in [0.4, 0.5) is 0 Å². The second kappa shape index (κ2) is 8.25. The van der Waals surface area contributed by atoms with Gasteiger partial charge in [0.2, 0.25) is 12.2 Å². The Kier molecular flexibility index (Phi) is 6.33. The lowest BCUT2D eigenvalue weighted by Gasteiger charge is -2.42. The van der Waals surface area contributed by atoms with Crippen molar-refractivity contribution in [2.75, 3.05) is 6.61 Å². The van der Waals surface area contributed by atoms with Gasteiger partial charge in [0, 0.05) is 6.92 Å². The first-order valence-electron chi connectivity index (χ1n) is 7.73. The van der Waals surface area contributed by atoms with Gasteiger partial charge in [-0.25, -0.2) is 0 Å². The molecule has 2 rings (SSSR count). The molecule has 7 nitrogen and oxygen atoms in total. The number of rotatable bonds is 6. The second-order valence-electron chi connectivity index (χ2n) is 5.65. The molecule has 1 aromatic carbocycles. The van der Waals surface area contributed by atoms with Gasteiger partial charge < -0.3 is 30.1 Å². The third kappa shape index (κ3) is 4.12. The molecule has 0 spiro atoms. The summed E-state index contributed by atoms with van der Waals surface area (Å²) in [5.74, 6) is 0.114. The van der Waals surface area contributed by atoms with Gasteiger partial charge >= 0.3 is 0 Å². The zero-order valence-electron chi connectivity index (χ0n) is 13.5. The lowest BCUT2D eigenvalue weighted by molar-refractivity contribution is -0.244. The van der Waals surface area contributed by atoms with E-state index in [-0.39, 0.29) is 0 Å². The Bertz CT molecular complexity index is 578. The monoisotopic (exact) mass is 337 g/mol. The Morgan fingerprint density at radius 2 is 2.08 bits per heavy atom. The molecular formula is C17H23NO6. The topological polar surface area (TPSA) is 108 Å². The number of para-hydroxylation sites is 1. The highest BCUT2D eigenvalue weighted by molar-refractivity contribution is 5.73. The summed E-state index contributed by atoms with van der Waals surface area (Å²) in [6.45, 7) is 4.50. The molecule has 0 radical (unpaired) electrons. The van der Waals surface area contributed by atoms with Crippen LogP contribution in [0.15, 0.2) is 36.9 Å². The minimum atomic E-state index is -1.34. The fourth-order valence-corrected chi connectivity index (χ4v) is 2.64. The molecule has 1 heterocycles. The highest BCUT2D eigenvalue weighted by Crippen LogP contribution is 2.27. The fourth-order valence-electron chi connectivity index (χ4n) is 2.64. The van der Waals surface area contributed by atoms with Crippen molar-refractivity contribution >= 4 is 5.91 Å². The van der Waals surface area contributed by atoms with Gasteiger partial charge in [-0.2, -0.15) is 0 Å². The van der Waals surface area contributed by atoms with Crippen molar-refractivity contribution in [1.29, 1.82) is 0 Å². The standard InChI is InChI=1S/C17H23NO6/c1-3-6-11-7-4-5-8-12(11)23-17-14(18-10(2)20)16(22)15(21)13(9-19)24-17/h3-5,7-8,13-17,19,21-22H,1,6,9H2,2H3,(H,18,20)/t13-,14+,15-,16+,17-/m1/s1. The molecule has 1 aliphatic rings. The van der Waals surface area contributed by atoms with Crippen molar-refractivity contribution in [3.8, 4) is 5.75 Å². The van der Waals surface area contributed by atoms with E-state index in [9.17, 15) is 20.1 Å². The molecule has 7 heteroatoms. The summed E-state index contributed by atoms with van der Waals surface area (Å²) < 4.78 is 11.4. The van der Waals surface area contributed by atoms with Crippen LogP contribution in [0.5, 0.6) is 5.75 Å². The Balaban J connectivity index is 2.26. The Morgan fingerprint density at radius 1 is 1.38 bits per heavy atom. The van der Waals surface area contributed by atoms with Crippen LogP contribution < -0.4 is 10.1 Å². The van der Waals surface area contributed by atoms with Crippen LogP contribution >= 0.6 is 0 Å². The normalized spacial score (nSPS) is 29.8. The maximum Gasteiger partial charge on any atom is 0.223 e. The molecule has 1 saturated heterocycles. The third-order valence-electron chi connectivity index (χ3n) is 3.83. The molecule has 0 unspecified atom stereocenters. The zero-order valence-corrected chi connectivity index (χ0v) is 13.5. The Hall–Kier alpha value is -1.93. The number of benzene rings is 1. The zero-order chi connectivity index (χ0) is 17.7. The quantitative estimate of drug-likeness (QED) is 0.533. The van der Waals surface area contributed by atoms with Crippen molar-refractivity contribution < 1.29 is 29.6 Å². The Labute approximate surface area is 140 Å². The van der Waals surface area contributed by atoms with Gasteiger partial charge in [-0.1, -0.05) is 24.3 Å². The summed E-state index contributed by atoms with van der Waals surface area (Å²) in [6.07, 6.45) is -2.45. The summed E-state index contributed by atoms with van der Waals surface area (Å²) in [4.78, 5) is 11.4. The number of aliphatic hydroxyl groups is 3. The molecule has 0 bridgehead atoms. The first kappa shape index (κ1) is 18.4. The maximum absolute atomic E-state index is 11.4. The van der Waals surface area contributed by atoms with Gasteiger partial charge in [0.1, 0.15) is 30.1 Å². The van der Waals surface area contributed by atoms with Gasteiger partial charge in [-0.15, -0.1) is 6.58 Å². The van der Waals surface area contributed by atoms with Gasteiger partial charge in [-0.05, 0) is 18.1 Å². The first-order valence-corrected chi connectivity index (χ1v) is 7.73. The number of hydrogen-bond acceptors (Lipinski definition) is 6. The number of carbonyl (C=O) groups is 1. The van der Waals surface area contributed by atoms with E-state index in [4.69, 9.17) is 9.47 Å². The van der Waals surface area contributed by atoms with Crippen LogP contribution in [0.25, 0.3) is 0 Å². The molecule has 0 aromatic heterocycles. The number of aliphatic hydroxyl groups excluding tert-OH is 3. The van der Waals surface area contributed by atoms with Crippen molar-refractivity contribution in [1.82, 2.24) is 5.32 Å². The molecule has 0 saturated carbocycles. The largest absolute Gasteiger partial charge is 0.462 e. The van der Waals surface area contributed by atoms with Crippen LogP contribution in [0.2, 0.25) is 0 Å². The van der Waals surface area contributed by atoms with E-state index < -0.39 is 43.2 Å². The molecule has 132 valence electrons. The second-order valence-corrected chi connectivity index (χ2v) is 5.65. The molecule has 5 atom stereocenters. The average Bonchev–Trinajstić information content (AvgIpc) is 2.56. The first-order chi connectivity index (χ1) is 11.5. The number of ether oxygens (including phenoxy) is 2. The fraction of sp³-hybridized carbons (Fsp3) is 0.471. The van der Waals surface area contributed by atoms with E-state index in [0.717, 1.165) is 5.56 Å².